The summed E-state index contributed by atoms with van der Waals surface area (Å²) in [4.78, 5) is 10.1. The number of aromatic nitrogens is 1. The van der Waals surface area contributed by atoms with Crippen molar-refractivity contribution < 1.29 is 4.74 Å². The number of aryl methyl sites for hydroxylation is 1. The van der Waals surface area contributed by atoms with Crippen LogP contribution in [0.4, 0.5) is 0 Å². The molecule has 1 aromatic heterocycles. The molecule has 1 aromatic carbocycles. The molecule has 3 aliphatic rings. The number of piperidine rings is 1. The van der Waals surface area contributed by atoms with Crippen molar-refractivity contribution in [3.63, 3.8) is 0 Å². The maximum atomic E-state index is 5.60. The lowest BCUT2D eigenvalue weighted by molar-refractivity contribution is 0.123. The summed E-state index contributed by atoms with van der Waals surface area (Å²) in [6.07, 6.45) is 4.63. The van der Waals surface area contributed by atoms with Crippen LogP contribution in [0.3, 0.4) is 0 Å². The van der Waals surface area contributed by atoms with E-state index in [-0.39, 0.29) is 0 Å². The quantitative estimate of drug-likeness (QED) is 0.806. The highest BCUT2D eigenvalue weighted by Crippen LogP contribution is 2.31. The number of hydrogen-bond donors (Lipinski definition) is 0. The van der Waals surface area contributed by atoms with Gasteiger partial charge < -0.3 is 4.74 Å². The Morgan fingerprint density at radius 2 is 1.85 bits per heavy atom. The van der Waals surface area contributed by atoms with E-state index < -0.39 is 0 Å². The van der Waals surface area contributed by atoms with E-state index in [1.165, 1.54) is 37.1 Å². The van der Waals surface area contributed by atoms with Gasteiger partial charge in [-0.05, 0) is 38.2 Å². The molecule has 0 unspecified atom stereocenters. The van der Waals surface area contributed by atoms with Crippen molar-refractivity contribution in [2.24, 2.45) is 5.92 Å². The van der Waals surface area contributed by atoms with E-state index in [0.717, 1.165) is 42.6 Å². The summed E-state index contributed by atoms with van der Waals surface area (Å²) in [6.45, 7) is 9.75. The van der Waals surface area contributed by atoms with E-state index >= 15 is 0 Å². The molecular weight excluding hydrogens is 334 g/mol. The molecule has 0 N–H and O–H groups in total. The van der Waals surface area contributed by atoms with Crippen molar-refractivity contribution in [3.8, 4) is 5.75 Å². The smallest absolute Gasteiger partial charge is 0.128 e. The molecule has 3 saturated heterocycles. The molecule has 3 fully saturated rings. The van der Waals surface area contributed by atoms with Crippen LogP contribution in [0.1, 0.15) is 35.2 Å². The monoisotopic (exact) mass is 365 g/mol. The fourth-order valence-corrected chi connectivity index (χ4v) is 4.86. The number of rotatable bonds is 5. The van der Waals surface area contributed by atoms with Crippen molar-refractivity contribution in [1.29, 1.82) is 0 Å². The van der Waals surface area contributed by atoms with Crippen molar-refractivity contribution in [1.82, 2.24) is 14.8 Å². The highest BCUT2D eigenvalue weighted by atomic mass is 16.5. The molecule has 2 atom stereocenters. The number of fused-ring (bicyclic) bond motifs is 4. The molecule has 0 amide bonds. The lowest BCUT2D eigenvalue weighted by Gasteiger charge is -2.36. The maximum Gasteiger partial charge on any atom is 0.128 e. The molecule has 27 heavy (non-hydrogen) atoms. The van der Waals surface area contributed by atoms with Crippen LogP contribution in [0.25, 0.3) is 0 Å². The van der Waals surface area contributed by atoms with E-state index in [0.29, 0.717) is 6.04 Å². The topological polar surface area (TPSA) is 28.6 Å². The minimum absolute atomic E-state index is 0.650. The van der Waals surface area contributed by atoms with Gasteiger partial charge in [0.2, 0.25) is 0 Å². The summed E-state index contributed by atoms with van der Waals surface area (Å²) in [5.41, 5.74) is 4.89. The molecule has 2 bridgehead atoms. The van der Waals surface area contributed by atoms with E-state index in [9.17, 15) is 0 Å². The first-order valence-electron chi connectivity index (χ1n) is 10.1. The van der Waals surface area contributed by atoms with Gasteiger partial charge in [-0.25, -0.2) is 0 Å². The van der Waals surface area contributed by atoms with Crippen LogP contribution in [0.2, 0.25) is 0 Å². The molecule has 0 saturated carbocycles. The molecule has 144 valence electrons. The Bertz CT molecular complexity index is 777. The largest absolute Gasteiger partial charge is 0.496 e. The van der Waals surface area contributed by atoms with Gasteiger partial charge in [-0.2, -0.15) is 0 Å². The fourth-order valence-electron chi connectivity index (χ4n) is 4.86. The average molecular weight is 366 g/mol. The number of benzene rings is 1. The molecular formula is C23H31N3O. The summed E-state index contributed by atoms with van der Waals surface area (Å²) in [5.74, 6) is 1.75. The van der Waals surface area contributed by atoms with Crippen LogP contribution in [-0.2, 0) is 13.1 Å². The Labute approximate surface area is 163 Å². The highest BCUT2D eigenvalue weighted by molar-refractivity contribution is 5.41. The van der Waals surface area contributed by atoms with Gasteiger partial charge in [0.05, 0.1) is 12.8 Å². The maximum absolute atomic E-state index is 5.60. The van der Waals surface area contributed by atoms with Crippen molar-refractivity contribution in [2.45, 2.75) is 45.8 Å². The SMILES string of the molecule is COc1c(C)cnc(CN2C[C@@H]3CC[C@H](C2)N(Cc2ccccc2)C3)c1C. The van der Waals surface area contributed by atoms with Crippen molar-refractivity contribution in [2.75, 3.05) is 26.7 Å². The van der Waals surface area contributed by atoms with E-state index in [4.69, 9.17) is 9.72 Å². The second-order valence-electron chi connectivity index (χ2n) is 8.25. The zero-order chi connectivity index (χ0) is 18.8. The standard InChI is InChI=1S/C23H31N3O/c1-17-11-24-22(18(2)23(17)27-3)16-25-12-20-9-10-21(15-25)26(14-20)13-19-7-5-4-6-8-19/h4-8,11,20-21H,9-10,12-16H2,1-3H3/t20-,21+/m0/s1. The van der Waals surface area contributed by atoms with Gasteiger partial charge in [0.1, 0.15) is 5.75 Å². The van der Waals surface area contributed by atoms with Crippen LogP contribution in [-0.4, -0.2) is 47.6 Å². The van der Waals surface area contributed by atoms with Gasteiger partial charge in [0.25, 0.3) is 0 Å². The predicted molar refractivity (Wildman–Crippen MR) is 109 cm³/mol. The van der Waals surface area contributed by atoms with E-state index in [1.807, 2.05) is 6.20 Å². The normalized spacial score (nSPS) is 23.4. The minimum atomic E-state index is 0.650. The summed E-state index contributed by atoms with van der Waals surface area (Å²) in [7, 11) is 1.76. The molecule has 3 aliphatic heterocycles. The number of pyridine rings is 1. The Kier molecular flexibility index (Phi) is 5.46. The molecule has 4 heterocycles. The lowest BCUT2D eigenvalue weighted by atomic mass is 9.94. The van der Waals surface area contributed by atoms with Crippen molar-refractivity contribution >= 4 is 0 Å². The zero-order valence-corrected chi connectivity index (χ0v) is 16.8. The summed E-state index contributed by atoms with van der Waals surface area (Å²) < 4.78 is 5.60. The molecule has 2 aromatic rings. The Balaban J connectivity index is 1.48. The molecule has 0 radical (unpaired) electrons. The second kappa shape index (κ2) is 7.99. The van der Waals surface area contributed by atoms with Gasteiger partial charge >= 0.3 is 0 Å². The first-order chi connectivity index (χ1) is 13.1. The molecule has 5 rings (SSSR count). The van der Waals surface area contributed by atoms with Gasteiger partial charge in [0, 0.05) is 56.1 Å². The molecule has 4 heteroatoms. The Hall–Kier alpha value is -1.91. The minimum Gasteiger partial charge on any atom is -0.496 e. The third-order valence-corrected chi connectivity index (χ3v) is 6.25. The average Bonchev–Trinajstić information content (AvgIpc) is 2.96. The van der Waals surface area contributed by atoms with Crippen LogP contribution in [0.5, 0.6) is 5.75 Å². The number of nitrogens with zero attached hydrogens (tertiary/aromatic N) is 3. The fraction of sp³-hybridized carbons (Fsp3) is 0.522. The van der Waals surface area contributed by atoms with Crippen LogP contribution in [0, 0.1) is 19.8 Å². The highest BCUT2D eigenvalue weighted by Gasteiger charge is 2.34. The van der Waals surface area contributed by atoms with E-state index in [1.54, 1.807) is 7.11 Å². The Morgan fingerprint density at radius 3 is 2.63 bits per heavy atom. The van der Waals surface area contributed by atoms with Crippen LogP contribution < -0.4 is 4.74 Å². The van der Waals surface area contributed by atoms with Gasteiger partial charge in [-0.1, -0.05) is 30.3 Å². The Morgan fingerprint density at radius 1 is 1.04 bits per heavy atom. The molecule has 0 aliphatic carbocycles. The van der Waals surface area contributed by atoms with Gasteiger partial charge in [-0.3, -0.25) is 14.8 Å². The number of methoxy groups -OCH3 is 1. The van der Waals surface area contributed by atoms with Crippen LogP contribution in [0.15, 0.2) is 36.5 Å². The third kappa shape index (κ3) is 4.02. The summed E-state index contributed by atoms with van der Waals surface area (Å²) in [6, 6.07) is 11.6. The number of ether oxygens (including phenoxy) is 1. The third-order valence-electron chi connectivity index (χ3n) is 6.25. The summed E-state index contributed by atoms with van der Waals surface area (Å²) >= 11 is 0. The zero-order valence-electron chi connectivity index (χ0n) is 16.8. The second-order valence-corrected chi connectivity index (χ2v) is 8.25. The molecule has 0 spiro atoms. The van der Waals surface area contributed by atoms with Gasteiger partial charge in [-0.15, -0.1) is 0 Å². The predicted octanol–water partition coefficient (Wildman–Crippen LogP) is 3.80. The first kappa shape index (κ1) is 18.5. The summed E-state index contributed by atoms with van der Waals surface area (Å²) in [5, 5.41) is 0. The van der Waals surface area contributed by atoms with Crippen molar-refractivity contribution in [3.05, 3.63) is 58.9 Å². The number of hydrogen-bond acceptors (Lipinski definition) is 4. The van der Waals surface area contributed by atoms with Crippen LogP contribution >= 0.6 is 0 Å². The van der Waals surface area contributed by atoms with E-state index in [2.05, 4.69) is 54.0 Å². The first-order valence-corrected chi connectivity index (χ1v) is 10.1. The van der Waals surface area contributed by atoms with Gasteiger partial charge in [0.15, 0.2) is 0 Å². The lowest BCUT2D eigenvalue weighted by Crippen LogP contribution is -2.43. The molecule has 4 nitrogen and oxygen atoms in total.